The standard InChI is InChI=1S/C15H15FO4S/c1-10(17)15-13(16)4-3-5-14(15)20-11-6-8-12(9-7-11)21(2,18)19/h3-10,17H,1-2H3/t10-/m1/s1. The summed E-state index contributed by atoms with van der Waals surface area (Å²) in [4.78, 5) is 0.171. The molecule has 2 aromatic carbocycles. The predicted octanol–water partition coefficient (Wildman–Crippen LogP) is 3.07. The fourth-order valence-corrected chi connectivity index (χ4v) is 2.52. The Hall–Kier alpha value is -1.92. The quantitative estimate of drug-likeness (QED) is 0.942. The van der Waals surface area contributed by atoms with Gasteiger partial charge in [-0.3, -0.25) is 0 Å². The van der Waals surface area contributed by atoms with Gasteiger partial charge >= 0.3 is 0 Å². The zero-order valence-corrected chi connectivity index (χ0v) is 12.4. The summed E-state index contributed by atoms with van der Waals surface area (Å²) in [5.41, 5.74) is 0.0599. The van der Waals surface area contributed by atoms with Crippen LogP contribution in [0.4, 0.5) is 4.39 Å². The molecule has 6 heteroatoms. The molecule has 2 aromatic rings. The van der Waals surface area contributed by atoms with E-state index in [9.17, 15) is 17.9 Å². The van der Waals surface area contributed by atoms with Gasteiger partial charge in [-0.25, -0.2) is 12.8 Å². The number of aliphatic hydroxyl groups excluding tert-OH is 1. The van der Waals surface area contributed by atoms with Gasteiger partial charge in [0, 0.05) is 6.26 Å². The third-order valence-corrected chi connectivity index (χ3v) is 4.04. The van der Waals surface area contributed by atoms with Gasteiger partial charge in [0.15, 0.2) is 9.84 Å². The van der Waals surface area contributed by atoms with E-state index in [4.69, 9.17) is 4.74 Å². The highest BCUT2D eigenvalue weighted by molar-refractivity contribution is 7.90. The van der Waals surface area contributed by atoms with Gasteiger partial charge in [-0.2, -0.15) is 0 Å². The number of sulfone groups is 1. The van der Waals surface area contributed by atoms with Gasteiger partial charge in [0.05, 0.1) is 16.6 Å². The summed E-state index contributed by atoms with van der Waals surface area (Å²) in [5.74, 6) is -0.0118. The minimum absolute atomic E-state index is 0.0599. The van der Waals surface area contributed by atoms with Crippen molar-refractivity contribution in [2.75, 3.05) is 6.26 Å². The Balaban J connectivity index is 2.33. The first-order valence-corrected chi connectivity index (χ1v) is 8.12. The van der Waals surface area contributed by atoms with E-state index < -0.39 is 21.8 Å². The smallest absolute Gasteiger partial charge is 0.175 e. The molecule has 0 amide bonds. The summed E-state index contributed by atoms with van der Waals surface area (Å²) >= 11 is 0. The van der Waals surface area contributed by atoms with E-state index in [1.165, 1.54) is 49.4 Å². The summed E-state index contributed by atoms with van der Waals surface area (Å²) in [6.45, 7) is 1.44. The summed E-state index contributed by atoms with van der Waals surface area (Å²) in [6, 6.07) is 10.0. The molecule has 0 aliphatic rings. The van der Waals surface area contributed by atoms with Crippen LogP contribution in [0.2, 0.25) is 0 Å². The fraction of sp³-hybridized carbons (Fsp3) is 0.200. The van der Waals surface area contributed by atoms with E-state index in [1.54, 1.807) is 0 Å². The van der Waals surface area contributed by atoms with Gasteiger partial charge in [-0.1, -0.05) is 6.07 Å². The van der Waals surface area contributed by atoms with Crippen molar-refractivity contribution in [1.29, 1.82) is 0 Å². The van der Waals surface area contributed by atoms with Crippen LogP contribution in [-0.2, 0) is 9.84 Å². The number of benzene rings is 2. The van der Waals surface area contributed by atoms with Crippen molar-refractivity contribution < 1.29 is 22.7 Å². The van der Waals surface area contributed by atoms with Crippen molar-refractivity contribution in [1.82, 2.24) is 0 Å². The van der Waals surface area contributed by atoms with Crippen molar-refractivity contribution in [3.05, 3.63) is 53.8 Å². The molecular weight excluding hydrogens is 295 g/mol. The molecule has 21 heavy (non-hydrogen) atoms. The largest absolute Gasteiger partial charge is 0.457 e. The molecule has 0 heterocycles. The molecule has 0 fully saturated rings. The van der Waals surface area contributed by atoms with E-state index in [0.29, 0.717) is 5.75 Å². The van der Waals surface area contributed by atoms with Crippen LogP contribution in [0.15, 0.2) is 47.4 Å². The minimum Gasteiger partial charge on any atom is -0.457 e. The Labute approximate surface area is 122 Å². The summed E-state index contributed by atoms with van der Waals surface area (Å²) < 4.78 is 42.0. The summed E-state index contributed by atoms with van der Waals surface area (Å²) in [6.07, 6.45) is 0.0949. The first-order chi connectivity index (χ1) is 9.79. The minimum atomic E-state index is -3.28. The van der Waals surface area contributed by atoms with Crippen LogP contribution in [0.1, 0.15) is 18.6 Å². The highest BCUT2D eigenvalue weighted by Gasteiger charge is 2.15. The van der Waals surface area contributed by atoms with Crippen LogP contribution in [0.25, 0.3) is 0 Å². The van der Waals surface area contributed by atoms with Gasteiger partial charge in [-0.05, 0) is 43.3 Å². The fourth-order valence-electron chi connectivity index (χ4n) is 1.89. The molecule has 1 atom stereocenters. The van der Waals surface area contributed by atoms with E-state index in [-0.39, 0.29) is 16.2 Å². The lowest BCUT2D eigenvalue weighted by Gasteiger charge is -2.14. The highest BCUT2D eigenvalue weighted by Crippen LogP contribution is 2.31. The van der Waals surface area contributed by atoms with Crippen molar-refractivity contribution in [2.45, 2.75) is 17.9 Å². The maximum Gasteiger partial charge on any atom is 0.175 e. The zero-order valence-electron chi connectivity index (χ0n) is 11.6. The highest BCUT2D eigenvalue weighted by atomic mass is 32.2. The van der Waals surface area contributed by atoms with Gasteiger partial charge in [0.1, 0.15) is 17.3 Å². The number of hydrogen-bond donors (Lipinski definition) is 1. The van der Waals surface area contributed by atoms with Gasteiger partial charge in [-0.15, -0.1) is 0 Å². The number of ether oxygens (including phenoxy) is 1. The normalized spacial score (nSPS) is 13.0. The van der Waals surface area contributed by atoms with Crippen molar-refractivity contribution in [3.8, 4) is 11.5 Å². The van der Waals surface area contributed by atoms with Crippen LogP contribution >= 0.6 is 0 Å². The maximum atomic E-state index is 13.7. The average Bonchev–Trinajstić information content (AvgIpc) is 2.38. The molecule has 0 spiro atoms. The monoisotopic (exact) mass is 310 g/mol. The Bertz CT molecular complexity index is 737. The third kappa shape index (κ3) is 3.59. The second kappa shape index (κ2) is 5.83. The number of aliphatic hydroxyl groups is 1. The molecule has 112 valence electrons. The molecular formula is C15H15FO4S. The molecule has 0 saturated heterocycles. The van der Waals surface area contributed by atoms with Crippen molar-refractivity contribution in [3.63, 3.8) is 0 Å². The topological polar surface area (TPSA) is 63.6 Å². The number of hydrogen-bond acceptors (Lipinski definition) is 4. The first-order valence-electron chi connectivity index (χ1n) is 6.23. The maximum absolute atomic E-state index is 13.7. The molecule has 0 bridgehead atoms. The average molecular weight is 310 g/mol. The second-order valence-electron chi connectivity index (χ2n) is 4.67. The SMILES string of the molecule is C[C@@H](O)c1c(F)cccc1Oc1ccc(S(C)(=O)=O)cc1. The Morgan fingerprint density at radius 2 is 1.76 bits per heavy atom. The van der Waals surface area contributed by atoms with E-state index in [2.05, 4.69) is 0 Å². The molecule has 0 aliphatic heterocycles. The van der Waals surface area contributed by atoms with Gasteiger partial charge in [0.2, 0.25) is 0 Å². The van der Waals surface area contributed by atoms with Crippen LogP contribution in [0, 0.1) is 5.82 Å². The molecule has 1 N–H and O–H groups in total. The lowest BCUT2D eigenvalue weighted by molar-refractivity contribution is 0.190. The molecule has 2 rings (SSSR count). The predicted molar refractivity (Wildman–Crippen MR) is 76.7 cm³/mol. The van der Waals surface area contributed by atoms with Crippen LogP contribution in [0.3, 0.4) is 0 Å². The summed E-state index contributed by atoms with van der Waals surface area (Å²) in [5, 5.41) is 9.61. The Kier molecular flexibility index (Phi) is 4.29. The van der Waals surface area contributed by atoms with Crippen LogP contribution < -0.4 is 4.74 Å². The zero-order chi connectivity index (χ0) is 15.6. The Morgan fingerprint density at radius 1 is 1.14 bits per heavy atom. The van der Waals surface area contributed by atoms with Gasteiger partial charge < -0.3 is 9.84 Å². The van der Waals surface area contributed by atoms with E-state index >= 15 is 0 Å². The second-order valence-corrected chi connectivity index (χ2v) is 6.69. The Morgan fingerprint density at radius 3 is 2.29 bits per heavy atom. The number of halogens is 1. The first kappa shape index (κ1) is 15.5. The van der Waals surface area contributed by atoms with Crippen LogP contribution in [0.5, 0.6) is 11.5 Å². The molecule has 0 unspecified atom stereocenters. The molecule has 4 nitrogen and oxygen atoms in total. The molecule has 0 aliphatic carbocycles. The number of rotatable bonds is 4. The molecule has 0 radical (unpaired) electrons. The van der Waals surface area contributed by atoms with Crippen molar-refractivity contribution in [2.24, 2.45) is 0 Å². The lowest BCUT2D eigenvalue weighted by Crippen LogP contribution is -2.00. The molecule has 0 saturated carbocycles. The summed E-state index contributed by atoms with van der Waals surface area (Å²) in [7, 11) is -3.28. The van der Waals surface area contributed by atoms with Gasteiger partial charge in [0.25, 0.3) is 0 Å². The molecule has 0 aromatic heterocycles. The van der Waals surface area contributed by atoms with E-state index in [0.717, 1.165) is 6.26 Å². The lowest BCUT2D eigenvalue weighted by atomic mass is 10.1. The van der Waals surface area contributed by atoms with Crippen LogP contribution in [-0.4, -0.2) is 19.8 Å². The third-order valence-electron chi connectivity index (χ3n) is 2.91. The van der Waals surface area contributed by atoms with E-state index in [1.807, 2.05) is 0 Å². The van der Waals surface area contributed by atoms with Crippen molar-refractivity contribution >= 4 is 9.84 Å².